The molecule has 1 rings (SSSR count). The van der Waals surface area contributed by atoms with Gasteiger partial charge in [0.05, 0.1) is 0 Å². The number of rotatable bonds is 5. The highest BCUT2D eigenvalue weighted by molar-refractivity contribution is 5.26. The molecule has 0 saturated heterocycles. The molecule has 0 bridgehead atoms. The molecule has 1 atom stereocenters. The summed E-state index contributed by atoms with van der Waals surface area (Å²) in [4.78, 5) is 0. The summed E-state index contributed by atoms with van der Waals surface area (Å²) in [6, 6.07) is 7.50. The molecule has 1 aromatic carbocycles. The van der Waals surface area contributed by atoms with E-state index in [0.717, 1.165) is 12.0 Å². The summed E-state index contributed by atoms with van der Waals surface area (Å²) >= 11 is 0. The van der Waals surface area contributed by atoms with Crippen molar-refractivity contribution in [1.82, 2.24) is 5.32 Å². The summed E-state index contributed by atoms with van der Waals surface area (Å²) < 4.78 is 0. The fourth-order valence-electron chi connectivity index (χ4n) is 1.88. The molecule has 3 N–H and O–H groups in total. The number of aliphatic hydroxyl groups excluding tert-OH is 1. The molecule has 17 heavy (non-hydrogen) atoms. The van der Waals surface area contributed by atoms with Crippen molar-refractivity contribution in [3.8, 4) is 5.75 Å². The van der Waals surface area contributed by atoms with Crippen LogP contribution in [0.3, 0.4) is 0 Å². The summed E-state index contributed by atoms with van der Waals surface area (Å²) in [7, 11) is 0. The zero-order valence-electron chi connectivity index (χ0n) is 10.9. The van der Waals surface area contributed by atoms with Gasteiger partial charge in [-0.15, -0.1) is 0 Å². The number of aromatic hydroxyl groups is 1. The summed E-state index contributed by atoms with van der Waals surface area (Å²) in [6.45, 7) is 7.36. The molecular weight excluding hydrogens is 214 g/mol. The molecule has 1 aromatic rings. The average molecular weight is 237 g/mol. The predicted molar refractivity (Wildman–Crippen MR) is 69.9 cm³/mol. The average Bonchev–Trinajstić information content (AvgIpc) is 2.22. The molecule has 3 heteroatoms. The highest BCUT2D eigenvalue weighted by Crippen LogP contribution is 2.22. The molecule has 0 aliphatic heterocycles. The first-order chi connectivity index (χ1) is 7.93. The fourth-order valence-corrected chi connectivity index (χ4v) is 1.88. The summed E-state index contributed by atoms with van der Waals surface area (Å²) in [5.41, 5.74) is 1.16. The Hall–Kier alpha value is -1.06. The van der Waals surface area contributed by atoms with Gasteiger partial charge in [-0.1, -0.05) is 32.9 Å². The third-order valence-electron chi connectivity index (χ3n) is 2.93. The van der Waals surface area contributed by atoms with Gasteiger partial charge in [0, 0.05) is 19.2 Å². The highest BCUT2D eigenvalue weighted by Gasteiger charge is 2.23. The second-order valence-corrected chi connectivity index (χ2v) is 5.48. The molecular formula is C14H23NO2. The Balaban J connectivity index is 2.58. The van der Waals surface area contributed by atoms with Gasteiger partial charge in [-0.2, -0.15) is 0 Å². The van der Waals surface area contributed by atoms with E-state index in [9.17, 15) is 5.11 Å². The molecule has 0 heterocycles. The first kappa shape index (κ1) is 14.0. The lowest BCUT2D eigenvalue weighted by atomic mass is 9.85. The molecule has 3 nitrogen and oxygen atoms in total. The lowest BCUT2D eigenvalue weighted by Crippen LogP contribution is -2.40. The summed E-state index contributed by atoms with van der Waals surface area (Å²) in [6.07, 6.45) is 0.738. The molecule has 0 saturated carbocycles. The first-order valence-corrected chi connectivity index (χ1v) is 6.05. The number of nitrogens with one attached hydrogen (secondary N) is 1. The maximum absolute atomic E-state index is 9.37. The van der Waals surface area contributed by atoms with Crippen molar-refractivity contribution in [2.45, 2.75) is 39.8 Å². The van der Waals surface area contributed by atoms with Gasteiger partial charge in [0.25, 0.3) is 0 Å². The standard InChI is InChI=1S/C14H23NO2/c1-14(2,3)13(7-8-16)15-10-11-5-4-6-12(17)9-11/h4-6,9,13,15-17H,7-8,10H2,1-3H3. The monoisotopic (exact) mass is 237 g/mol. The number of hydrogen-bond donors (Lipinski definition) is 3. The topological polar surface area (TPSA) is 52.5 Å². The van der Waals surface area contributed by atoms with Crippen LogP contribution in [0.1, 0.15) is 32.8 Å². The highest BCUT2D eigenvalue weighted by atomic mass is 16.3. The first-order valence-electron chi connectivity index (χ1n) is 6.05. The van der Waals surface area contributed by atoms with Crippen LogP contribution in [0.4, 0.5) is 0 Å². The normalized spacial score (nSPS) is 13.6. The van der Waals surface area contributed by atoms with Crippen molar-refractivity contribution >= 4 is 0 Å². The SMILES string of the molecule is CC(C)(C)C(CCO)NCc1cccc(O)c1. The van der Waals surface area contributed by atoms with E-state index in [1.54, 1.807) is 12.1 Å². The summed E-state index contributed by atoms with van der Waals surface area (Å²) in [5, 5.41) is 21.9. The van der Waals surface area contributed by atoms with E-state index in [0.29, 0.717) is 12.3 Å². The lowest BCUT2D eigenvalue weighted by Gasteiger charge is -2.31. The molecule has 1 unspecified atom stereocenters. The van der Waals surface area contributed by atoms with E-state index in [2.05, 4.69) is 26.1 Å². The van der Waals surface area contributed by atoms with Crippen LogP contribution >= 0.6 is 0 Å². The minimum absolute atomic E-state index is 0.111. The molecule has 0 amide bonds. The van der Waals surface area contributed by atoms with Crippen molar-refractivity contribution < 1.29 is 10.2 Å². The predicted octanol–water partition coefficient (Wildman–Crippen LogP) is 2.28. The van der Waals surface area contributed by atoms with Crippen molar-refractivity contribution in [2.75, 3.05) is 6.61 Å². The third-order valence-corrected chi connectivity index (χ3v) is 2.93. The molecule has 0 aliphatic rings. The molecule has 0 aromatic heterocycles. The maximum Gasteiger partial charge on any atom is 0.115 e. The Bertz CT molecular complexity index is 344. The quantitative estimate of drug-likeness (QED) is 0.736. The van der Waals surface area contributed by atoms with Gasteiger partial charge in [0.15, 0.2) is 0 Å². The molecule has 0 fully saturated rings. The maximum atomic E-state index is 9.37. The van der Waals surface area contributed by atoms with Crippen LogP contribution in [-0.2, 0) is 6.54 Å². The van der Waals surface area contributed by atoms with Crippen LogP contribution in [0.5, 0.6) is 5.75 Å². The van der Waals surface area contributed by atoms with Gasteiger partial charge in [0.2, 0.25) is 0 Å². The largest absolute Gasteiger partial charge is 0.508 e. The lowest BCUT2D eigenvalue weighted by molar-refractivity contribution is 0.196. The Morgan fingerprint density at radius 2 is 2.00 bits per heavy atom. The van der Waals surface area contributed by atoms with Gasteiger partial charge >= 0.3 is 0 Å². The van der Waals surface area contributed by atoms with Gasteiger partial charge in [0.1, 0.15) is 5.75 Å². The second-order valence-electron chi connectivity index (χ2n) is 5.48. The van der Waals surface area contributed by atoms with Crippen LogP contribution in [-0.4, -0.2) is 22.9 Å². The molecule has 96 valence electrons. The fraction of sp³-hybridized carbons (Fsp3) is 0.571. The van der Waals surface area contributed by atoms with E-state index in [1.807, 2.05) is 12.1 Å². The van der Waals surface area contributed by atoms with E-state index in [1.165, 1.54) is 0 Å². The van der Waals surface area contributed by atoms with Crippen LogP contribution in [0.2, 0.25) is 0 Å². The smallest absolute Gasteiger partial charge is 0.115 e. The molecule has 0 aliphatic carbocycles. The van der Waals surface area contributed by atoms with Gasteiger partial charge < -0.3 is 15.5 Å². The van der Waals surface area contributed by atoms with Crippen molar-refractivity contribution in [1.29, 1.82) is 0 Å². The van der Waals surface area contributed by atoms with Gasteiger partial charge in [-0.3, -0.25) is 0 Å². The van der Waals surface area contributed by atoms with Crippen LogP contribution in [0, 0.1) is 5.41 Å². The van der Waals surface area contributed by atoms with Crippen LogP contribution in [0.25, 0.3) is 0 Å². The Kier molecular flexibility index (Phi) is 4.97. The Labute approximate surface area is 103 Å². The number of benzene rings is 1. The Morgan fingerprint density at radius 3 is 2.53 bits per heavy atom. The number of hydrogen-bond acceptors (Lipinski definition) is 3. The van der Waals surface area contributed by atoms with Crippen molar-refractivity contribution in [2.24, 2.45) is 5.41 Å². The van der Waals surface area contributed by atoms with Gasteiger partial charge in [-0.25, -0.2) is 0 Å². The summed E-state index contributed by atoms with van der Waals surface area (Å²) in [5.74, 6) is 0.291. The van der Waals surface area contributed by atoms with Crippen molar-refractivity contribution in [3.05, 3.63) is 29.8 Å². The van der Waals surface area contributed by atoms with E-state index in [4.69, 9.17) is 5.11 Å². The number of phenolic OH excluding ortho intramolecular Hbond substituents is 1. The van der Waals surface area contributed by atoms with E-state index < -0.39 is 0 Å². The van der Waals surface area contributed by atoms with Gasteiger partial charge in [-0.05, 0) is 29.5 Å². The minimum Gasteiger partial charge on any atom is -0.508 e. The Morgan fingerprint density at radius 1 is 1.29 bits per heavy atom. The molecule has 0 radical (unpaired) electrons. The second kappa shape index (κ2) is 6.03. The van der Waals surface area contributed by atoms with Crippen LogP contribution < -0.4 is 5.32 Å². The van der Waals surface area contributed by atoms with E-state index in [-0.39, 0.29) is 18.1 Å². The zero-order chi connectivity index (χ0) is 12.9. The number of aliphatic hydroxyl groups is 1. The minimum atomic E-state index is 0.111. The van der Waals surface area contributed by atoms with Crippen LogP contribution in [0.15, 0.2) is 24.3 Å². The molecule has 0 spiro atoms. The zero-order valence-corrected chi connectivity index (χ0v) is 10.9. The third kappa shape index (κ3) is 4.75. The number of phenols is 1. The van der Waals surface area contributed by atoms with Crippen molar-refractivity contribution in [3.63, 3.8) is 0 Å². The van der Waals surface area contributed by atoms with E-state index >= 15 is 0 Å².